The van der Waals surface area contributed by atoms with Crippen molar-refractivity contribution in [2.24, 2.45) is 0 Å². The number of ether oxygens (including phenoxy) is 3. The first kappa shape index (κ1) is 79.8. The predicted molar refractivity (Wildman–Crippen MR) is 362 cm³/mol. The topological polar surface area (TPSA) is 78.9 Å². The largest absolute Gasteiger partial charge is 0.462 e. The van der Waals surface area contributed by atoms with Gasteiger partial charge in [0.1, 0.15) is 13.2 Å². The second-order valence-corrected chi connectivity index (χ2v) is 24.5. The highest BCUT2D eigenvalue weighted by Crippen LogP contribution is 2.18. The predicted octanol–water partition coefficient (Wildman–Crippen LogP) is 25.2. The van der Waals surface area contributed by atoms with Crippen LogP contribution in [-0.4, -0.2) is 37.2 Å². The Balaban J connectivity index is 4.34. The highest BCUT2D eigenvalue weighted by atomic mass is 16.6. The molecule has 0 radical (unpaired) electrons. The van der Waals surface area contributed by atoms with Crippen LogP contribution in [0.1, 0.15) is 380 Å². The van der Waals surface area contributed by atoms with Crippen LogP contribution < -0.4 is 0 Å². The van der Waals surface area contributed by atoms with E-state index in [1.807, 2.05) is 0 Å². The van der Waals surface area contributed by atoms with Crippen molar-refractivity contribution in [3.8, 4) is 0 Å². The number of allylic oxidation sites excluding steroid dienone is 12. The monoisotopic (exact) mass is 1160 g/mol. The SMILES string of the molecule is CC/C=C\C/C=C\C/C=C\C/C=C\CCCCCCCCC(=O)OCC(COC(=O)CCCCCCCCCCCCCCCCCCCCCCCCCCC)OC(=O)CCCCCCCCCCC/C=C\C/C=C\CCCCCCC. The fraction of sp³-hybridized carbons (Fsp3) is 0.805. The maximum Gasteiger partial charge on any atom is 0.306 e. The molecule has 0 amide bonds. The first-order valence-electron chi connectivity index (χ1n) is 36.4. The molecular weight excluding hydrogens is 1020 g/mol. The molecular formula is C77H138O6. The number of hydrogen-bond acceptors (Lipinski definition) is 6. The summed E-state index contributed by atoms with van der Waals surface area (Å²) in [5.74, 6) is -0.873. The van der Waals surface area contributed by atoms with Crippen LogP contribution >= 0.6 is 0 Å². The third-order valence-corrected chi connectivity index (χ3v) is 16.2. The van der Waals surface area contributed by atoms with Crippen LogP contribution in [0.15, 0.2) is 72.9 Å². The van der Waals surface area contributed by atoms with Crippen molar-refractivity contribution in [1.29, 1.82) is 0 Å². The first-order valence-corrected chi connectivity index (χ1v) is 36.4. The molecule has 0 aromatic rings. The molecule has 0 rings (SSSR count). The molecule has 0 aromatic heterocycles. The third-order valence-electron chi connectivity index (χ3n) is 16.2. The molecule has 0 heterocycles. The standard InChI is InChI=1S/C77H138O6/c1-4-7-10-13-16-19-22-25-28-31-34-36-37-38-39-41-43-46-49-52-55-58-61-64-67-70-76(79)82-73-74(72-81-75(78)69-66-63-60-57-54-51-48-45-42-33-30-27-24-21-18-15-12-9-6-3)83-77(80)71-68-65-62-59-56-53-50-47-44-40-35-32-29-26-23-20-17-14-11-8-5-2/h9,12,18,21,23,26-27,30,32,35,42,45,74H,4-8,10-11,13-17,19-20,22,24-25,28-29,31,33-34,36-41,43-44,46-73H2,1-3H3/b12-9-,21-18-,26-23-,30-27-,35-32-,45-42-. The van der Waals surface area contributed by atoms with Crippen molar-refractivity contribution in [3.63, 3.8) is 0 Å². The van der Waals surface area contributed by atoms with E-state index in [1.54, 1.807) is 0 Å². The van der Waals surface area contributed by atoms with Crippen molar-refractivity contribution in [1.82, 2.24) is 0 Å². The molecule has 83 heavy (non-hydrogen) atoms. The molecule has 6 heteroatoms. The highest BCUT2D eigenvalue weighted by molar-refractivity contribution is 5.71. The third kappa shape index (κ3) is 69.5. The van der Waals surface area contributed by atoms with Gasteiger partial charge >= 0.3 is 17.9 Å². The van der Waals surface area contributed by atoms with Gasteiger partial charge in [-0.1, -0.05) is 344 Å². The van der Waals surface area contributed by atoms with Gasteiger partial charge in [-0.15, -0.1) is 0 Å². The van der Waals surface area contributed by atoms with Crippen LogP contribution in [0.2, 0.25) is 0 Å². The molecule has 0 saturated heterocycles. The van der Waals surface area contributed by atoms with E-state index >= 15 is 0 Å². The summed E-state index contributed by atoms with van der Waals surface area (Å²) in [5.41, 5.74) is 0. The molecule has 482 valence electrons. The van der Waals surface area contributed by atoms with E-state index in [0.717, 1.165) is 96.3 Å². The molecule has 0 fully saturated rings. The zero-order valence-corrected chi connectivity index (χ0v) is 55.5. The summed E-state index contributed by atoms with van der Waals surface area (Å²) < 4.78 is 17.0. The molecule has 1 atom stereocenters. The van der Waals surface area contributed by atoms with Crippen LogP contribution in [-0.2, 0) is 28.6 Å². The zero-order chi connectivity index (χ0) is 59.9. The summed E-state index contributed by atoms with van der Waals surface area (Å²) in [7, 11) is 0. The Hall–Kier alpha value is -3.15. The van der Waals surface area contributed by atoms with E-state index in [0.29, 0.717) is 19.3 Å². The Kier molecular flexibility index (Phi) is 68.6. The maximum absolute atomic E-state index is 13.0. The average Bonchev–Trinajstić information content (AvgIpc) is 3.49. The second kappa shape index (κ2) is 71.3. The van der Waals surface area contributed by atoms with Crippen LogP contribution in [0.5, 0.6) is 0 Å². The molecule has 0 aromatic carbocycles. The molecule has 6 nitrogen and oxygen atoms in total. The maximum atomic E-state index is 13.0. The molecule has 0 aliphatic carbocycles. The summed E-state index contributed by atoms with van der Waals surface area (Å²) in [6.45, 7) is 6.57. The first-order chi connectivity index (χ1) is 41.0. The van der Waals surface area contributed by atoms with E-state index in [9.17, 15) is 14.4 Å². The lowest BCUT2D eigenvalue weighted by molar-refractivity contribution is -0.167. The number of unbranched alkanes of at least 4 members (excludes halogenated alkanes) is 44. The van der Waals surface area contributed by atoms with Gasteiger partial charge in [-0.2, -0.15) is 0 Å². The number of rotatable bonds is 67. The van der Waals surface area contributed by atoms with Gasteiger partial charge in [0.2, 0.25) is 0 Å². The minimum atomic E-state index is -0.785. The van der Waals surface area contributed by atoms with Gasteiger partial charge < -0.3 is 14.2 Å². The van der Waals surface area contributed by atoms with E-state index < -0.39 is 6.10 Å². The van der Waals surface area contributed by atoms with E-state index in [1.165, 1.54) is 244 Å². The summed E-state index contributed by atoms with van der Waals surface area (Å²) >= 11 is 0. The van der Waals surface area contributed by atoms with Gasteiger partial charge in [-0.05, 0) is 89.9 Å². The summed E-state index contributed by atoms with van der Waals surface area (Å²) in [6.07, 6.45) is 93.6. The fourth-order valence-corrected chi connectivity index (χ4v) is 10.8. The van der Waals surface area contributed by atoms with Gasteiger partial charge in [0.05, 0.1) is 0 Å². The Morgan fingerprint density at radius 3 is 0.735 bits per heavy atom. The number of hydrogen-bond donors (Lipinski definition) is 0. The molecule has 0 bridgehead atoms. The quantitative estimate of drug-likeness (QED) is 0.0261. The molecule has 0 saturated carbocycles. The lowest BCUT2D eigenvalue weighted by atomic mass is 10.0. The van der Waals surface area contributed by atoms with Crippen molar-refractivity contribution in [2.45, 2.75) is 386 Å². The van der Waals surface area contributed by atoms with Crippen LogP contribution in [0.4, 0.5) is 0 Å². The normalized spacial score (nSPS) is 12.5. The van der Waals surface area contributed by atoms with Gasteiger partial charge in [0, 0.05) is 19.3 Å². The van der Waals surface area contributed by atoms with Gasteiger partial charge in [-0.3, -0.25) is 14.4 Å². The minimum Gasteiger partial charge on any atom is -0.462 e. The number of esters is 3. The molecule has 0 aliphatic rings. The summed E-state index contributed by atoms with van der Waals surface area (Å²) in [5, 5.41) is 0. The molecule has 0 aliphatic heterocycles. The Morgan fingerprint density at radius 1 is 0.253 bits per heavy atom. The summed E-state index contributed by atoms with van der Waals surface area (Å²) in [4.78, 5) is 38.5. The average molecular weight is 1160 g/mol. The van der Waals surface area contributed by atoms with Crippen LogP contribution in [0.3, 0.4) is 0 Å². The zero-order valence-electron chi connectivity index (χ0n) is 55.5. The van der Waals surface area contributed by atoms with Crippen molar-refractivity contribution in [3.05, 3.63) is 72.9 Å². The minimum absolute atomic E-state index is 0.0782. The molecule has 0 N–H and O–H groups in total. The Bertz CT molecular complexity index is 1520. The van der Waals surface area contributed by atoms with Crippen LogP contribution in [0.25, 0.3) is 0 Å². The number of carbonyl (C=O) groups is 3. The lowest BCUT2D eigenvalue weighted by Crippen LogP contribution is -2.30. The highest BCUT2D eigenvalue weighted by Gasteiger charge is 2.19. The Morgan fingerprint density at radius 2 is 0.470 bits per heavy atom. The molecule has 1 unspecified atom stereocenters. The van der Waals surface area contributed by atoms with Crippen molar-refractivity contribution >= 4 is 17.9 Å². The van der Waals surface area contributed by atoms with E-state index in [-0.39, 0.29) is 31.1 Å². The van der Waals surface area contributed by atoms with Gasteiger partial charge in [0.25, 0.3) is 0 Å². The second-order valence-electron chi connectivity index (χ2n) is 24.5. The lowest BCUT2D eigenvalue weighted by Gasteiger charge is -2.18. The van der Waals surface area contributed by atoms with Crippen molar-refractivity contribution in [2.75, 3.05) is 13.2 Å². The van der Waals surface area contributed by atoms with Gasteiger partial charge in [-0.25, -0.2) is 0 Å². The molecule has 0 spiro atoms. The van der Waals surface area contributed by atoms with Crippen molar-refractivity contribution < 1.29 is 28.6 Å². The summed E-state index contributed by atoms with van der Waals surface area (Å²) in [6, 6.07) is 0. The fourth-order valence-electron chi connectivity index (χ4n) is 10.8. The Labute approximate surface area is 516 Å². The smallest absolute Gasteiger partial charge is 0.306 e. The van der Waals surface area contributed by atoms with E-state index in [2.05, 4.69) is 93.7 Å². The number of carbonyl (C=O) groups excluding carboxylic acids is 3. The van der Waals surface area contributed by atoms with Gasteiger partial charge in [0.15, 0.2) is 6.10 Å². The van der Waals surface area contributed by atoms with Crippen LogP contribution in [0, 0.1) is 0 Å². The van der Waals surface area contributed by atoms with E-state index in [4.69, 9.17) is 14.2 Å².